The van der Waals surface area contributed by atoms with E-state index in [1.165, 1.54) is 26.2 Å². The molecule has 0 radical (unpaired) electrons. The summed E-state index contributed by atoms with van der Waals surface area (Å²) in [5.41, 5.74) is 0.0442. The van der Waals surface area contributed by atoms with Crippen molar-refractivity contribution in [3.05, 3.63) is 0 Å². The Labute approximate surface area is 148 Å². The van der Waals surface area contributed by atoms with E-state index in [9.17, 15) is 0 Å². The number of nitrogens with one attached hydrogen (secondary N) is 2. The van der Waals surface area contributed by atoms with Crippen LogP contribution in [0.4, 0.5) is 0 Å². The SMILES string of the molecule is CN=C(NCC(C)CN1CCN(C)CC1)NC(C)(C)C.I. The minimum Gasteiger partial charge on any atom is -0.356 e. The number of nitrogens with zero attached hydrogens (tertiary/aromatic N) is 3. The van der Waals surface area contributed by atoms with Crippen LogP contribution in [-0.2, 0) is 0 Å². The molecular formula is C15H34IN5. The van der Waals surface area contributed by atoms with Crippen LogP contribution in [0.25, 0.3) is 0 Å². The average molecular weight is 411 g/mol. The van der Waals surface area contributed by atoms with Crippen LogP contribution < -0.4 is 10.6 Å². The van der Waals surface area contributed by atoms with Gasteiger partial charge in [0.25, 0.3) is 0 Å². The molecule has 1 aliphatic rings. The van der Waals surface area contributed by atoms with E-state index in [-0.39, 0.29) is 29.5 Å². The number of halogens is 1. The van der Waals surface area contributed by atoms with Crippen LogP contribution in [0.15, 0.2) is 4.99 Å². The second-order valence-electron chi connectivity index (χ2n) is 7.04. The summed E-state index contributed by atoms with van der Waals surface area (Å²) >= 11 is 0. The van der Waals surface area contributed by atoms with Gasteiger partial charge in [-0.05, 0) is 33.7 Å². The summed E-state index contributed by atoms with van der Waals surface area (Å²) in [6, 6.07) is 0. The summed E-state index contributed by atoms with van der Waals surface area (Å²) in [4.78, 5) is 9.24. The zero-order valence-corrected chi connectivity index (χ0v) is 16.9. The van der Waals surface area contributed by atoms with Gasteiger partial charge in [0.1, 0.15) is 0 Å². The second-order valence-corrected chi connectivity index (χ2v) is 7.04. The second kappa shape index (κ2) is 9.84. The summed E-state index contributed by atoms with van der Waals surface area (Å²) in [5, 5.41) is 6.82. The summed E-state index contributed by atoms with van der Waals surface area (Å²) in [7, 11) is 4.02. The Bertz CT molecular complexity index is 306. The highest BCUT2D eigenvalue weighted by atomic mass is 127. The smallest absolute Gasteiger partial charge is 0.191 e. The molecule has 1 saturated heterocycles. The van der Waals surface area contributed by atoms with Crippen LogP contribution in [-0.4, -0.2) is 74.7 Å². The van der Waals surface area contributed by atoms with Crippen LogP contribution in [0.3, 0.4) is 0 Å². The number of likely N-dealkylation sites (N-methyl/N-ethyl adjacent to an activating group) is 1. The molecule has 1 rings (SSSR count). The minimum absolute atomic E-state index is 0. The quantitative estimate of drug-likeness (QED) is 0.418. The molecule has 0 aliphatic carbocycles. The van der Waals surface area contributed by atoms with E-state index in [2.05, 4.69) is 60.2 Å². The maximum Gasteiger partial charge on any atom is 0.191 e. The molecule has 1 fully saturated rings. The van der Waals surface area contributed by atoms with Gasteiger partial charge in [0, 0.05) is 51.9 Å². The molecule has 0 bridgehead atoms. The highest BCUT2D eigenvalue weighted by Crippen LogP contribution is 2.04. The molecule has 6 heteroatoms. The van der Waals surface area contributed by atoms with Crippen molar-refractivity contribution in [3.8, 4) is 0 Å². The van der Waals surface area contributed by atoms with Crippen molar-refractivity contribution in [2.75, 3.05) is 53.4 Å². The van der Waals surface area contributed by atoms with Gasteiger partial charge in [-0.25, -0.2) is 0 Å². The van der Waals surface area contributed by atoms with E-state index < -0.39 is 0 Å². The van der Waals surface area contributed by atoms with Crippen molar-refractivity contribution in [3.63, 3.8) is 0 Å². The fraction of sp³-hybridized carbons (Fsp3) is 0.933. The van der Waals surface area contributed by atoms with Gasteiger partial charge in [0.05, 0.1) is 0 Å². The molecule has 0 aromatic carbocycles. The first-order valence-corrected chi connectivity index (χ1v) is 7.70. The van der Waals surface area contributed by atoms with Crippen LogP contribution in [0.2, 0.25) is 0 Å². The zero-order valence-electron chi connectivity index (χ0n) is 14.6. The molecule has 0 aromatic heterocycles. The molecule has 1 heterocycles. The number of piperazine rings is 1. The first kappa shape index (κ1) is 20.9. The van der Waals surface area contributed by atoms with Crippen LogP contribution in [0, 0.1) is 5.92 Å². The van der Waals surface area contributed by atoms with Crippen molar-refractivity contribution in [1.29, 1.82) is 0 Å². The van der Waals surface area contributed by atoms with E-state index in [0.29, 0.717) is 5.92 Å². The van der Waals surface area contributed by atoms with Gasteiger partial charge in [-0.2, -0.15) is 0 Å². The van der Waals surface area contributed by atoms with Gasteiger partial charge in [-0.3, -0.25) is 4.99 Å². The predicted octanol–water partition coefficient (Wildman–Crippen LogP) is 1.45. The lowest BCUT2D eigenvalue weighted by molar-refractivity contribution is 0.139. The van der Waals surface area contributed by atoms with Gasteiger partial charge in [-0.15, -0.1) is 24.0 Å². The summed E-state index contributed by atoms with van der Waals surface area (Å²) in [6.07, 6.45) is 0. The van der Waals surface area contributed by atoms with Crippen LogP contribution in [0.1, 0.15) is 27.7 Å². The van der Waals surface area contributed by atoms with E-state index in [4.69, 9.17) is 0 Å². The molecule has 0 saturated carbocycles. The summed E-state index contributed by atoms with van der Waals surface area (Å²) < 4.78 is 0. The molecular weight excluding hydrogens is 377 g/mol. The van der Waals surface area contributed by atoms with Gasteiger partial charge in [-0.1, -0.05) is 6.92 Å². The third kappa shape index (κ3) is 9.52. The number of hydrogen-bond acceptors (Lipinski definition) is 3. The lowest BCUT2D eigenvalue weighted by Gasteiger charge is -2.34. The topological polar surface area (TPSA) is 42.9 Å². The Morgan fingerprint density at radius 1 is 1.19 bits per heavy atom. The van der Waals surface area contributed by atoms with Crippen molar-refractivity contribution in [1.82, 2.24) is 20.4 Å². The Morgan fingerprint density at radius 3 is 2.24 bits per heavy atom. The highest BCUT2D eigenvalue weighted by Gasteiger charge is 2.17. The molecule has 0 aromatic rings. The van der Waals surface area contributed by atoms with Gasteiger partial charge in [0.15, 0.2) is 5.96 Å². The monoisotopic (exact) mass is 411 g/mol. The van der Waals surface area contributed by atoms with Crippen LogP contribution >= 0.6 is 24.0 Å². The Balaban J connectivity index is 0.00000400. The van der Waals surface area contributed by atoms with Crippen molar-refractivity contribution >= 4 is 29.9 Å². The van der Waals surface area contributed by atoms with Gasteiger partial charge in [0.2, 0.25) is 0 Å². The molecule has 1 unspecified atom stereocenters. The van der Waals surface area contributed by atoms with Crippen molar-refractivity contribution < 1.29 is 0 Å². The minimum atomic E-state index is 0. The molecule has 0 amide bonds. The molecule has 1 aliphatic heterocycles. The zero-order chi connectivity index (χ0) is 15.2. The maximum absolute atomic E-state index is 4.28. The normalized spacial score (nSPS) is 19.8. The average Bonchev–Trinajstić information content (AvgIpc) is 2.36. The molecule has 21 heavy (non-hydrogen) atoms. The summed E-state index contributed by atoms with van der Waals surface area (Å²) in [5.74, 6) is 1.51. The highest BCUT2D eigenvalue weighted by molar-refractivity contribution is 14.0. The fourth-order valence-electron chi connectivity index (χ4n) is 2.34. The van der Waals surface area contributed by atoms with E-state index in [1.807, 2.05) is 7.05 Å². The van der Waals surface area contributed by atoms with Crippen molar-refractivity contribution in [2.24, 2.45) is 10.9 Å². The largest absolute Gasteiger partial charge is 0.356 e. The maximum atomic E-state index is 4.28. The predicted molar refractivity (Wildman–Crippen MR) is 103 cm³/mol. The van der Waals surface area contributed by atoms with E-state index in [0.717, 1.165) is 19.0 Å². The molecule has 0 spiro atoms. The first-order valence-electron chi connectivity index (χ1n) is 7.70. The Kier molecular flexibility index (Phi) is 9.80. The van der Waals surface area contributed by atoms with Crippen molar-refractivity contribution in [2.45, 2.75) is 33.2 Å². The Morgan fingerprint density at radius 2 is 1.76 bits per heavy atom. The molecule has 126 valence electrons. The molecule has 1 atom stereocenters. The fourth-order valence-corrected chi connectivity index (χ4v) is 2.34. The summed E-state index contributed by atoms with van der Waals surface area (Å²) in [6.45, 7) is 15.6. The Hall–Kier alpha value is -0.0800. The van der Waals surface area contributed by atoms with E-state index in [1.54, 1.807) is 0 Å². The lowest BCUT2D eigenvalue weighted by atomic mass is 10.1. The van der Waals surface area contributed by atoms with E-state index >= 15 is 0 Å². The number of rotatable bonds is 4. The molecule has 5 nitrogen and oxygen atoms in total. The third-order valence-corrected chi connectivity index (χ3v) is 3.50. The number of aliphatic imine (C=N–C) groups is 1. The number of guanidine groups is 1. The first-order chi connectivity index (χ1) is 9.30. The molecule has 2 N–H and O–H groups in total. The van der Waals surface area contributed by atoms with Gasteiger partial charge < -0.3 is 20.4 Å². The van der Waals surface area contributed by atoms with Crippen LogP contribution in [0.5, 0.6) is 0 Å². The number of hydrogen-bond donors (Lipinski definition) is 2. The van der Waals surface area contributed by atoms with Gasteiger partial charge >= 0.3 is 0 Å². The third-order valence-electron chi connectivity index (χ3n) is 3.50. The lowest BCUT2D eigenvalue weighted by Crippen LogP contribution is -2.50. The standard InChI is InChI=1S/C15H33N5.HI/c1-13(12-20-9-7-19(6)8-10-20)11-17-14(16-5)18-15(2,3)4;/h13H,7-12H2,1-6H3,(H2,16,17,18);1H.